The van der Waals surface area contributed by atoms with Crippen LogP contribution in [0.2, 0.25) is 0 Å². The molecule has 0 unspecified atom stereocenters. The first-order valence-corrected chi connectivity index (χ1v) is 10.4. The van der Waals surface area contributed by atoms with Crippen LogP contribution in [0.3, 0.4) is 0 Å². The first-order valence-electron chi connectivity index (χ1n) is 10.4. The Morgan fingerprint density at radius 3 is 2.31 bits per heavy atom. The molecule has 0 radical (unpaired) electrons. The molecule has 154 valence electrons. The third kappa shape index (κ3) is 5.17. The Bertz CT molecular complexity index is 825. The Balaban J connectivity index is 1.24. The van der Waals surface area contributed by atoms with E-state index in [0.29, 0.717) is 12.0 Å². The SMILES string of the molecule is CC1(C)CC2(CCN(CC(=O)Nc3ccc(Oc4ccccc4)cc3)CC2)CO1. The molecule has 1 N–H and O–H groups in total. The van der Waals surface area contributed by atoms with Crippen LogP contribution in [0.4, 0.5) is 5.69 Å². The number of anilines is 1. The van der Waals surface area contributed by atoms with Gasteiger partial charge in [-0.1, -0.05) is 18.2 Å². The summed E-state index contributed by atoms with van der Waals surface area (Å²) in [4.78, 5) is 14.7. The minimum absolute atomic E-state index is 0.00403. The molecule has 2 aliphatic heterocycles. The number of hydrogen-bond acceptors (Lipinski definition) is 4. The lowest BCUT2D eigenvalue weighted by molar-refractivity contribution is -0.117. The number of nitrogens with one attached hydrogen (secondary N) is 1. The Morgan fingerprint density at radius 1 is 1.03 bits per heavy atom. The van der Waals surface area contributed by atoms with E-state index in [1.165, 1.54) is 0 Å². The maximum Gasteiger partial charge on any atom is 0.238 e. The molecule has 5 heteroatoms. The van der Waals surface area contributed by atoms with Gasteiger partial charge in [-0.3, -0.25) is 9.69 Å². The molecule has 2 aliphatic rings. The summed E-state index contributed by atoms with van der Waals surface area (Å²) in [6, 6.07) is 17.1. The summed E-state index contributed by atoms with van der Waals surface area (Å²) in [5, 5.41) is 2.99. The van der Waals surface area contributed by atoms with Crippen LogP contribution in [-0.2, 0) is 9.53 Å². The average molecular weight is 395 g/mol. The number of ether oxygens (including phenoxy) is 2. The standard InChI is InChI=1S/C24H30N2O3/c1-23(2)17-24(18-28-23)12-14-26(15-13-24)16-22(27)25-19-8-10-21(11-9-19)29-20-6-4-3-5-7-20/h3-11H,12-18H2,1-2H3,(H,25,27). The van der Waals surface area contributed by atoms with Crippen molar-refractivity contribution >= 4 is 11.6 Å². The van der Waals surface area contributed by atoms with E-state index in [1.54, 1.807) is 0 Å². The van der Waals surface area contributed by atoms with E-state index in [9.17, 15) is 4.79 Å². The fourth-order valence-electron chi connectivity index (χ4n) is 4.49. The molecule has 2 aromatic carbocycles. The lowest BCUT2D eigenvalue weighted by Gasteiger charge is -2.38. The van der Waals surface area contributed by atoms with Crippen molar-refractivity contribution < 1.29 is 14.3 Å². The second-order valence-corrected chi connectivity index (χ2v) is 8.99. The molecule has 0 saturated carbocycles. The van der Waals surface area contributed by atoms with Gasteiger partial charge in [-0.15, -0.1) is 0 Å². The quantitative estimate of drug-likeness (QED) is 0.799. The summed E-state index contributed by atoms with van der Waals surface area (Å²) in [5.74, 6) is 1.57. The third-order valence-corrected chi connectivity index (χ3v) is 5.97. The number of hydrogen-bond donors (Lipinski definition) is 1. The van der Waals surface area contributed by atoms with Gasteiger partial charge in [0.1, 0.15) is 11.5 Å². The van der Waals surface area contributed by atoms with Crippen molar-refractivity contribution in [1.29, 1.82) is 0 Å². The van der Waals surface area contributed by atoms with E-state index in [-0.39, 0.29) is 11.5 Å². The Morgan fingerprint density at radius 2 is 1.69 bits per heavy atom. The van der Waals surface area contributed by atoms with E-state index in [2.05, 4.69) is 24.1 Å². The number of rotatable bonds is 5. The maximum atomic E-state index is 12.5. The van der Waals surface area contributed by atoms with Crippen LogP contribution in [0.15, 0.2) is 54.6 Å². The van der Waals surface area contributed by atoms with Crippen LogP contribution in [0.5, 0.6) is 11.5 Å². The first kappa shape index (κ1) is 19.9. The van der Waals surface area contributed by atoms with Gasteiger partial charge in [-0.2, -0.15) is 0 Å². The van der Waals surface area contributed by atoms with Crippen molar-refractivity contribution in [3.8, 4) is 11.5 Å². The molecule has 2 heterocycles. The van der Waals surface area contributed by atoms with Gasteiger partial charge in [0.2, 0.25) is 5.91 Å². The maximum absolute atomic E-state index is 12.5. The molecule has 2 saturated heterocycles. The number of amides is 1. The van der Waals surface area contributed by atoms with Gasteiger partial charge < -0.3 is 14.8 Å². The second kappa shape index (κ2) is 8.17. The van der Waals surface area contributed by atoms with Crippen LogP contribution in [-0.4, -0.2) is 42.6 Å². The molecular weight excluding hydrogens is 364 g/mol. The lowest BCUT2D eigenvalue weighted by Crippen LogP contribution is -2.44. The minimum Gasteiger partial charge on any atom is -0.457 e. The number of para-hydroxylation sites is 1. The molecule has 2 fully saturated rings. The van der Waals surface area contributed by atoms with Gasteiger partial charge in [-0.05, 0) is 88.0 Å². The summed E-state index contributed by atoms with van der Waals surface area (Å²) in [5.41, 5.74) is 1.09. The van der Waals surface area contributed by atoms with Crippen molar-refractivity contribution in [1.82, 2.24) is 4.90 Å². The number of benzene rings is 2. The van der Waals surface area contributed by atoms with Crippen molar-refractivity contribution in [2.24, 2.45) is 5.41 Å². The number of likely N-dealkylation sites (tertiary alicyclic amines) is 1. The van der Waals surface area contributed by atoms with Crippen LogP contribution in [0.1, 0.15) is 33.1 Å². The molecule has 4 rings (SSSR count). The predicted octanol–water partition coefficient (Wildman–Crippen LogP) is 4.70. The number of carbonyl (C=O) groups is 1. The molecule has 2 aromatic rings. The number of carbonyl (C=O) groups excluding carboxylic acids is 1. The number of nitrogens with zero attached hydrogens (tertiary/aromatic N) is 1. The lowest BCUT2D eigenvalue weighted by atomic mass is 9.74. The molecular formula is C24H30N2O3. The molecule has 5 nitrogen and oxygen atoms in total. The Labute approximate surface area is 173 Å². The van der Waals surface area contributed by atoms with E-state index in [0.717, 1.165) is 56.1 Å². The molecule has 0 aromatic heterocycles. The van der Waals surface area contributed by atoms with Crippen molar-refractivity contribution in [2.75, 3.05) is 31.6 Å². The van der Waals surface area contributed by atoms with Gasteiger partial charge in [-0.25, -0.2) is 0 Å². The van der Waals surface area contributed by atoms with E-state index in [1.807, 2.05) is 54.6 Å². The normalized spacial score (nSPS) is 20.5. The van der Waals surface area contributed by atoms with Gasteiger partial charge >= 0.3 is 0 Å². The van der Waals surface area contributed by atoms with Crippen molar-refractivity contribution in [3.05, 3.63) is 54.6 Å². The average Bonchev–Trinajstić information content (AvgIpc) is 3.01. The molecule has 0 bridgehead atoms. The van der Waals surface area contributed by atoms with Crippen LogP contribution >= 0.6 is 0 Å². The van der Waals surface area contributed by atoms with Gasteiger partial charge in [0.05, 0.1) is 18.8 Å². The highest BCUT2D eigenvalue weighted by atomic mass is 16.5. The molecule has 1 amide bonds. The summed E-state index contributed by atoms with van der Waals surface area (Å²) in [6.07, 6.45) is 3.34. The monoisotopic (exact) mass is 394 g/mol. The second-order valence-electron chi connectivity index (χ2n) is 8.99. The van der Waals surface area contributed by atoms with E-state index < -0.39 is 0 Å². The van der Waals surface area contributed by atoms with Crippen LogP contribution < -0.4 is 10.1 Å². The zero-order valence-corrected chi connectivity index (χ0v) is 17.3. The minimum atomic E-state index is -0.00403. The Hall–Kier alpha value is -2.37. The fraction of sp³-hybridized carbons (Fsp3) is 0.458. The topological polar surface area (TPSA) is 50.8 Å². The highest BCUT2D eigenvalue weighted by Gasteiger charge is 2.45. The van der Waals surface area contributed by atoms with Crippen molar-refractivity contribution in [2.45, 2.75) is 38.7 Å². The predicted molar refractivity (Wildman–Crippen MR) is 114 cm³/mol. The highest BCUT2D eigenvalue weighted by Crippen LogP contribution is 2.46. The summed E-state index contributed by atoms with van der Waals surface area (Å²) in [7, 11) is 0. The largest absolute Gasteiger partial charge is 0.457 e. The van der Waals surface area contributed by atoms with Crippen molar-refractivity contribution in [3.63, 3.8) is 0 Å². The molecule has 0 atom stereocenters. The van der Waals surface area contributed by atoms with E-state index >= 15 is 0 Å². The summed E-state index contributed by atoms with van der Waals surface area (Å²) >= 11 is 0. The smallest absolute Gasteiger partial charge is 0.238 e. The van der Waals surface area contributed by atoms with Gasteiger partial charge in [0, 0.05) is 5.69 Å². The van der Waals surface area contributed by atoms with Gasteiger partial charge in [0.15, 0.2) is 0 Å². The highest BCUT2D eigenvalue weighted by molar-refractivity contribution is 5.92. The third-order valence-electron chi connectivity index (χ3n) is 5.97. The van der Waals surface area contributed by atoms with Crippen LogP contribution in [0, 0.1) is 5.41 Å². The molecule has 1 spiro atoms. The molecule has 0 aliphatic carbocycles. The first-order chi connectivity index (χ1) is 13.9. The fourth-order valence-corrected chi connectivity index (χ4v) is 4.49. The summed E-state index contributed by atoms with van der Waals surface area (Å²) in [6.45, 7) is 7.56. The zero-order valence-electron chi connectivity index (χ0n) is 17.3. The van der Waals surface area contributed by atoms with Crippen LogP contribution in [0.25, 0.3) is 0 Å². The molecule has 29 heavy (non-hydrogen) atoms. The zero-order chi connectivity index (χ0) is 20.3. The number of piperidine rings is 1. The van der Waals surface area contributed by atoms with Gasteiger partial charge in [0.25, 0.3) is 0 Å². The van der Waals surface area contributed by atoms with E-state index in [4.69, 9.17) is 9.47 Å². The Kier molecular flexibility index (Phi) is 5.61. The summed E-state index contributed by atoms with van der Waals surface area (Å²) < 4.78 is 11.8.